The van der Waals surface area contributed by atoms with Crippen LogP contribution in [0.25, 0.3) is 0 Å². The van der Waals surface area contributed by atoms with E-state index in [2.05, 4.69) is 6.55 Å². The highest BCUT2D eigenvalue weighted by Gasteiger charge is 2.29. The smallest absolute Gasteiger partial charge is 0.334 e. The summed E-state index contributed by atoms with van der Waals surface area (Å²) in [5, 5.41) is 0. The largest absolute Gasteiger partial charge is 0.395 e. The molecular formula is C11H27NO3Si. The van der Waals surface area contributed by atoms with Crippen molar-refractivity contribution in [1.29, 1.82) is 0 Å². The minimum Gasteiger partial charge on any atom is -0.395 e. The highest BCUT2D eigenvalue weighted by molar-refractivity contribution is 6.66. The summed E-state index contributed by atoms with van der Waals surface area (Å²) in [6.07, 6.45) is 1.01. The van der Waals surface area contributed by atoms with Gasteiger partial charge in [-0.05, 0) is 47.0 Å². The van der Waals surface area contributed by atoms with Gasteiger partial charge in [0, 0.05) is 19.8 Å². The Bertz CT molecular complexity index is 161. The maximum absolute atomic E-state index is 5.75. The van der Waals surface area contributed by atoms with Crippen molar-refractivity contribution >= 4 is 8.56 Å². The van der Waals surface area contributed by atoms with Gasteiger partial charge in [-0.3, -0.25) is 4.90 Å². The van der Waals surface area contributed by atoms with Crippen molar-refractivity contribution in [3.05, 3.63) is 0 Å². The van der Waals surface area contributed by atoms with Crippen molar-refractivity contribution in [3.8, 4) is 0 Å². The monoisotopic (exact) mass is 249 g/mol. The van der Waals surface area contributed by atoms with E-state index in [1.54, 1.807) is 0 Å². The van der Waals surface area contributed by atoms with Crippen molar-refractivity contribution in [2.45, 2.75) is 32.9 Å². The van der Waals surface area contributed by atoms with E-state index in [1.807, 2.05) is 32.8 Å². The molecule has 0 fully saturated rings. The van der Waals surface area contributed by atoms with Gasteiger partial charge in [-0.25, -0.2) is 0 Å². The number of nitrogens with zero attached hydrogens (tertiary/aromatic N) is 1. The minimum atomic E-state index is -1.92. The molecule has 0 unspecified atom stereocenters. The predicted octanol–water partition coefficient (Wildman–Crippen LogP) is 2.06. The fraction of sp³-hybridized carbons (Fsp3) is 1.00. The molecule has 0 aliphatic rings. The first-order valence-electron chi connectivity index (χ1n) is 6.04. The van der Waals surface area contributed by atoms with Crippen molar-refractivity contribution < 1.29 is 13.6 Å². The second-order valence-corrected chi connectivity index (χ2v) is 7.57. The van der Waals surface area contributed by atoms with Gasteiger partial charge in [-0.15, -0.1) is 0 Å². The molecule has 0 aromatic heterocycles. The van der Waals surface area contributed by atoms with Crippen LogP contribution in [0.5, 0.6) is 0 Å². The fourth-order valence-corrected chi connectivity index (χ4v) is 3.92. The fourth-order valence-electron chi connectivity index (χ4n) is 1.54. The third kappa shape index (κ3) is 8.24. The summed E-state index contributed by atoms with van der Waals surface area (Å²) in [5.41, 5.74) is 0. The maximum Gasteiger partial charge on any atom is 0.334 e. The summed E-state index contributed by atoms with van der Waals surface area (Å²) in [7, 11) is 2.08. The summed E-state index contributed by atoms with van der Waals surface area (Å²) >= 11 is 0. The van der Waals surface area contributed by atoms with Gasteiger partial charge in [-0.2, -0.15) is 0 Å². The molecule has 0 aromatic rings. The minimum absolute atomic E-state index is 0.682. The van der Waals surface area contributed by atoms with Gasteiger partial charge < -0.3 is 13.6 Å². The van der Waals surface area contributed by atoms with E-state index in [-0.39, 0.29) is 0 Å². The molecular weight excluding hydrogens is 222 g/mol. The molecule has 0 aromatic carbocycles. The maximum atomic E-state index is 5.75. The summed E-state index contributed by atoms with van der Waals surface area (Å²) in [6, 6.07) is 1.00. The quantitative estimate of drug-likeness (QED) is 0.337. The average molecular weight is 249 g/mol. The van der Waals surface area contributed by atoms with Crippen LogP contribution in [-0.2, 0) is 13.6 Å². The summed E-state index contributed by atoms with van der Waals surface area (Å²) < 4.78 is 17.0. The standard InChI is InChI=1S/C11H27NO3Si/c1-6-14-16(5,15-7-2)10-8-9-13-11-12(3)4/h6-11H2,1-5H3. The lowest BCUT2D eigenvalue weighted by molar-refractivity contribution is 0.0551. The molecule has 0 N–H and O–H groups in total. The van der Waals surface area contributed by atoms with E-state index in [9.17, 15) is 0 Å². The van der Waals surface area contributed by atoms with E-state index < -0.39 is 8.56 Å². The lowest BCUT2D eigenvalue weighted by Gasteiger charge is -2.25. The Morgan fingerprint density at radius 3 is 2.06 bits per heavy atom. The van der Waals surface area contributed by atoms with Crippen LogP contribution in [0.4, 0.5) is 0 Å². The molecule has 0 radical (unpaired) electrons. The molecule has 4 nitrogen and oxygen atoms in total. The molecule has 0 amide bonds. The van der Waals surface area contributed by atoms with E-state index in [0.29, 0.717) is 6.73 Å². The molecule has 16 heavy (non-hydrogen) atoms. The lowest BCUT2D eigenvalue weighted by atomic mass is 10.5. The Morgan fingerprint density at radius 2 is 1.62 bits per heavy atom. The van der Waals surface area contributed by atoms with Crippen molar-refractivity contribution in [2.75, 3.05) is 40.6 Å². The zero-order chi connectivity index (χ0) is 12.4. The van der Waals surface area contributed by atoms with Crippen LogP contribution in [0.3, 0.4) is 0 Å². The van der Waals surface area contributed by atoms with E-state index >= 15 is 0 Å². The van der Waals surface area contributed by atoms with Crippen LogP contribution >= 0.6 is 0 Å². The van der Waals surface area contributed by atoms with Crippen molar-refractivity contribution in [1.82, 2.24) is 4.90 Å². The molecule has 0 spiro atoms. The van der Waals surface area contributed by atoms with Gasteiger partial charge in [0.2, 0.25) is 0 Å². The second kappa shape index (κ2) is 9.12. The van der Waals surface area contributed by atoms with E-state index in [1.165, 1.54) is 0 Å². The van der Waals surface area contributed by atoms with E-state index in [0.717, 1.165) is 32.3 Å². The average Bonchev–Trinajstić information content (AvgIpc) is 2.17. The summed E-state index contributed by atoms with van der Waals surface area (Å²) in [6.45, 7) is 9.11. The SMILES string of the molecule is CCO[Si](C)(CCCOCN(C)C)OCC. The van der Waals surface area contributed by atoms with Gasteiger partial charge in [0.05, 0.1) is 6.73 Å². The molecule has 0 heterocycles. The van der Waals surface area contributed by atoms with Gasteiger partial charge in [0.15, 0.2) is 0 Å². The second-order valence-electron chi connectivity index (χ2n) is 4.22. The molecule has 0 saturated carbocycles. The topological polar surface area (TPSA) is 30.9 Å². The lowest BCUT2D eigenvalue weighted by Crippen LogP contribution is -2.38. The molecule has 0 saturated heterocycles. The van der Waals surface area contributed by atoms with Crippen molar-refractivity contribution in [2.24, 2.45) is 0 Å². The molecule has 0 bridgehead atoms. The van der Waals surface area contributed by atoms with Crippen LogP contribution in [0.1, 0.15) is 20.3 Å². The first-order valence-corrected chi connectivity index (χ1v) is 8.56. The number of hydrogen-bond acceptors (Lipinski definition) is 4. The summed E-state index contributed by atoms with van der Waals surface area (Å²) in [4.78, 5) is 2.02. The first-order chi connectivity index (χ1) is 7.54. The third-order valence-electron chi connectivity index (χ3n) is 2.17. The summed E-state index contributed by atoms with van der Waals surface area (Å²) in [5.74, 6) is 0. The predicted molar refractivity (Wildman–Crippen MR) is 68.8 cm³/mol. The Kier molecular flexibility index (Phi) is 9.16. The van der Waals surface area contributed by atoms with Crippen LogP contribution < -0.4 is 0 Å². The molecule has 5 heteroatoms. The molecule has 0 atom stereocenters. The van der Waals surface area contributed by atoms with Crippen LogP contribution in [0, 0.1) is 0 Å². The number of ether oxygens (including phenoxy) is 1. The number of hydrogen-bond donors (Lipinski definition) is 0. The van der Waals surface area contributed by atoms with Gasteiger partial charge in [0.25, 0.3) is 0 Å². The first kappa shape index (κ1) is 16.1. The Hall–Kier alpha value is 0.0569. The van der Waals surface area contributed by atoms with Gasteiger partial charge in [-0.1, -0.05) is 0 Å². The Balaban J connectivity index is 3.67. The molecule has 0 aliphatic heterocycles. The van der Waals surface area contributed by atoms with Gasteiger partial charge >= 0.3 is 8.56 Å². The highest BCUT2D eigenvalue weighted by Crippen LogP contribution is 2.15. The zero-order valence-corrected chi connectivity index (χ0v) is 12.4. The Labute approximate surface area is 101 Å². The molecule has 0 rings (SSSR count). The molecule has 0 aliphatic carbocycles. The van der Waals surface area contributed by atoms with Crippen LogP contribution in [-0.4, -0.2) is 54.1 Å². The van der Waals surface area contributed by atoms with Gasteiger partial charge in [0.1, 0.15) is 0 Å². The number of rotatable bonds is 10. The van der Waals surface area contributed by atoms with Crippen molar-refractivity contribution in [3.63, 3.8) is 0 Å². The Morgan fingerprint density at radius 1 is 1.06 bits per heavy atom. The molecule has 98 valence electrons. The van der Waals surface area contributed by atoms with E-state index in [4.69, 9.17) is 13.6 Å². The highest BCUT2D eigenvalue weighted by atomic mass is 28.4. The van der Waals surface area contributed by atoms with Crippen LogP contribution in [0.15, 0.2) is 0 Å². The normalized spacial score (nSPS) is 12.4. The third-order valence-corrected chi connectivity index (χ3v) is 5.23. The van der Waals surface area contributed by atoms with Crippen LogP contribution in [0.2, 0.25) is 12.6 Å². The zero-order valence-electron chi connectivity index (χ0n) is 11.4.